The highest BCUT2D eigenvalue weighted by molar-refractivity contribution is 5.94. The second-order valence-corrected chi connectivity index (χ2v) is 6.63. The normalized spacial score (nSPS) is 14.3. The minimum Gasteiger partial charge on any atom is -0.497 e. The number of benzene rings is 2. The van der Waals surface area contributed by atoms with Gasteiger partial charge in [-0.05, 0) is 49.2 Å². The van der Waals surface area contributed by atoms with Gasteiger partial charge in [-0.25, -0.2) is 4.79 Å². The number of hydrogen-bond donors (Lipinski definition) is 2. The summed E-state index contributed by atoms with van der Waals surface area (Å²) in [5.41, 5.74) is 1.29. The van der Waals surface area contributed by atoms with Crippen molar-refractivity contribution in [3.05, 3.63) is 54.1 Å². The zero-order chi connectivity index (χ0) is 19.9. The van der Waals surface area contributed by atoms with Crippen LogP contribution in [0.15, 0.2) is 48.5 Å². The lowest BCUT2D eigenvalue weighted by Crippen LogP contribution is -2.47. The first-order valence-corrected chi connectivity index (χ1v) is 9.24. The predicted molar refractivity (Wildman–Crippen MR) is 107 cm³/mol. The SMILES string of the molecule is COc1ccc(C(=O)NC2CCN(C(=O)Nc3cccc(OC)c3)CC2)cc1. The van der Waals surface area contributed by atoms with Gasteiger partial charge < -0.3 is 25.0 Å². The Labute approximate surface area is 164 Å². The van der Waals surface area contributed by atoms with E-state index in [1.54, 1.807) is 49.5 Å². The van der Waals surface area contributed by atoms with Gasteiger partial charge in [0.2, 0.25) is 0 Å². The molecule has 0 saturated carbocycles. The van der Waals surface area contributed by atoms with Crippen molar-refractivity contribution < 1.29 is 19.1 Å². The summed E-state index contributed by atoms with van der Waals surface area (Å²) in [5, 5.41) is 5.93. The van der Waals surface area contributed by atoms with E-state index in [-0.39, 0.29) is 18.0 Å². The first-order chi connectivity index (χ1) is 13.6. The van der Waals surface area contributed by atoms with Gasteiger partial charge in [0.05, 0.1) is 14.2 Å². The maximum Gasteiger partial charge on any atom is 0.321 e. The Morgan fingerprint density at radius 1 is 0.964 bits per heavy atom. The van der Waals surface area contributed by atoms with Gasteiger partial charge in [0.25, 0.3) is 5.91 Å². The largest absolute Gasteiger partial charge is 0.497 e. The molecule has 0 bridgehead atoms. The van der Waals surface area contributed by atoms with Crippen LogP contribution < -0.4 is 20.1 Å². The number of nitrogens with one attached hydrogen (secondary N) is 2. The van der Waals surface area contributed by atoms with Crippen molar-refractivity contribution in [2.75, 3.05) is 32.6 Å². The smallest absolute Gasteiger partial charge is 0.321 e. The first kappa shape index (κ1) is 19.5. The zero-order valence-corrected chi connectivity index (χ0v) is 16.1. The highest BCUT2D eigenvalue weighted by Crippen LogP contribution is 2.19. The molecule has 2 aromatic carbocycles. The Balaban J connectivity index is 1.48. The quantitative estimate of drug-likeness (QED) is 0.831. The van der Waals surface area contributed by atoms with Gasteiger partial charge in [-0.2, -0.15) is 0 Å². The Hall–Kier alpha value is -3.22. The topological polar surface area (TPSA) is 79.9 Å². The van der Waals surface area contributed by atoms with Crippen molar-refractivity contribution in [2.24, 2.45) is 0 Å². The molecule has 0 spiro atoms. The summed E-state index contributed by atoms with van der Waals surface area (Å²) in [6, 6.07) is 14.2. The Morgan fingerprint density at radius 2 is 1.64 bits per heavy atom. The van der Waals surface area contributed by atoms with E-state index in [4.69, 9.17) is 9.47 Å². The molecule has 1 aliphatic rings. The third-order valence-corrected chi connectivity index (χ3v) is 4.79. The summed E-state index contributed by atoms with van der Waals surface area (Å²) in [5.74, 6) is 1.30. The molecule has 0 aliphatic carbocycles. The van der Waals surface area contributed by atoms with Crippen LogP contribution >= 0.6 is 0 Å². The molecule has 7 nitrogen and oxygen atoms in total. The van der Waals surface area contributed by atoms with E-state index in [2.05, 4.69) is 10.6 Å². The lowest BCUT2D eigenvalue weighted by atomic mass is 10.0. The number of amides is 3. The van der Waals surface area contributed by atoms with Gasteiger partial charge >= 0.3 is 6.03 Å². The molecule has 1 saturated heterocycles. The molecule has 2 aromatic rings. The van der Waals surface area contributed by atoms with Gasteiger partial charge in [-0.15, -0.1) is 0 Å². The summed E-state index contributed by atoms with van der Waals surface area (Å²) < 4.78 is 10.3. The van der Waals surface area contributed by atoms with Crippen LogP contribution in [0.4, 0.5) is 10.5 Å². The van der Waals surface area contributed by atoms with Crippen molar-refractivity contribution >= 4 is 17.6 Å². The van der Waals surface area contributed by atoms with Crippen molar-refractivity contribution in [2.45, 2.75) is 18.9 Å². The average molecular weight is 383 g/mol. The molecule has 3 amide bonds. The molecule has 3 rings (SSSR count). The van der Waals surface area contributed by atoms with Crippen LogP contribution in [-0.2, 0) is 0 Å². The molecular formula is C21H25N3O4. The molecule has 2 N–H and O–H groups in total. The van der Waals surface area contributed by atoms with Crippen LogP contribution in [0.2, 0.25) is 0 Å². The number of hydrogen-bond acceptors (Lipinski definition) is 4. The Morgan fingerprint density at radius 3 is 2.29 bits per heavy atom. The second-order valence-electron chi connectivity index (χ2n) is 6.63. The number of nitrogens with zero attached hydrogens (tertiary/aromatic N) is 1. The number of anilines is 1. The number of rotatable bonds is 5. The molecule has 0 unspecified atom stereocenters. The van der Waals surface area contributed by atoms with Crippen molar-refractivity contribution in [1.82, 2.24) is 10.2 Å². The van der Waals surface area contributed by atoms with E-state index >= 15 is 0 Å². The number of likely N-dealkylation sites (tertiary alicyclic amines) is 1. The summed E-state index contributed by atoms with van der Waals surface area (Å²) >= 11 is 0. The fraction of sp³-hybridized carbons (Fsp3) is 0.333. The van der Waals surface area contributed by atoms with Gasteiger partial charge in [0.15, 0.2) is 0 Å². The van der Waals surface area contributed by atoms with Crippen molar-refractivity contribution in [1.29, 1.82) is 0 Å². The van der Waals surface area contributed by atoms with E-state index in [1.807, 2.05) is 18.2 Å². The minimum absolute atomic E-state index is 0.0514. The lowest BCUT2D eigenvalue weighted by Gasteiger charge is -2.32. The highest BCUT2D eigenvalue weighted by Gasteiger charge is 2.24. The number of ether oxygens (including phenoxy) is 2. The molecule has 7 heteroatoms. The number of piperidine rings is 1. The van der Waals surface area contributed by atoms with Crippen molar-refractivity contribution in [3.8, 4) is 11.5 Å². The second kappa shape index (κ2) is 9.12. The summed E-state index contributed by atoms with van der Waals surface area (Å²) in [7, 11) is 3.18. The molecule has 0 aromatic heterocycles. The minimum atomic E-state index is -0.145. The summed E-state index contributed by atoms with van der Waals surface area (Å²) in [4.78, 5) is 26.6. The summed E-state index contributed by atoms with van der Waals surface area (Å²) in [6.07, 6.45) is 1.43. The van der Waals surface area contributed by atoms with Crippen molar-refractivity contribution in [3.63, 3.8) is 0 Å². The molecule has 0 radical (unpaired) electrons. The average Bonchev–Trinajstić information content (AvgIpc) is 2.74. The van der Waals surface area contributed by atoms with Gasteiger partial charge in [0.1, 0.15) is 11.5 Å². The van der Waals surface area contributed by atoms with E-state index < -0.39 is 0 Å². The highest BCUT2D eigenvalue weighted by atomic mass is 16.5. The number of methoxy groups -OCH3 is 2. The third-order valence-electron chi connectivity index (χ3n) is 4.79. The molecular weight excluding hydrogens is 358 g/mol. The van der Waals surface area contributed by atoms with E-state index in [9.17, 15) is 9.59 Å². The van der Waals surface area contributed by atoms with Gasteiger partial charge in [-0.3, -0.25) is 4.79 Å². The van der Waals surface area contributed by atoms with Crippen LogP contribution in [0.5, 0.6) is 11.5 Å². The Kier molecular flexibility index (Phi) is 6.37. The summed E-state index contributed by atoms with van der Waals surface area (Å²) in [6.45, 7) is 1.17. The number of urea groups is 1. The van der Waals surface area contributed by atoms with Crippen LogP contribution in [-0.4, -0.2) is 50.2 Å². The molecule has 1 fully saturated rings. The fourth-order valence-corrected chi connectivity index (χ4v) is 3.14. The van der Waals surface area contributed by atoms with Crippen LogP contribution in [0.25, 0.3) is 0 Å². The maximum atomic E-state index is 12.5. The Bertz CT molecular complexity index is 815. The van der Waals surface area contributed by atoms with E-state index in [0.29, 0.717) is 48.7 Å². The lowest BCUT2D eigenvalue weighted by molar-refractivity contribution is 0.0919. The molecule has 1 aliphatic heterocycles. The van der Waals surface area contributed by atoms with Crippen LogP contribution in [0.1, 0.15) is 23.2 Å². The fourth-order valence-electron chi connectivity index (χ4n) is 3.14. The monoisotopic (exact) mass is 383 g/mol. The zero-order valence-electron chi connectivity index (χ0n) is 16.1. The van der Waals surface area contributed by atoms with E-state index in [0.717, 1.165) is 0 Å². The molecule has 28 heavy (non-hydrogen) atoms. The van der Waals surface area contributed by atoms with E-state index in [1.165, 1.54) is 0 Å². The standard InChI is InChI=1S/C21H25N3O4/c1-27-18-8-6-15(7-9-18)20(25)22-16-10-12-24(13-11-16)21(26)23-17-4-3-5-19(14-17)28-2/h3-9,14,16H,10-13H2,1-2H3,(H,22,25)(H,23,26). The number of carbonyl (C=O) groups excluding carboxylic acids is 2. The van der Waals surface area contributed by atoms with Gasteiger partial charge in [0, 0.05) is 36.4 Å². The molecule has 1 heterocycles. The predicted octanol–water partition coefficient (Wildman–Crippen LogP) is 3.13. The van der Waals surface area contributed by atoms with Crippen LogP contribution in [0, 0.1) is 0 Å². The third kappa shape index (κ3) is 4.94. The maximum absolute atomic E-state index is 12.5. The number of carbonyl (C=O) groups is 2. The molecule has 148 valence electrons. The first-order valence-electron chi connectivity index (χ1n) is 9.24. The van der Waals surface area contributed by atoms with Gasteiger partial charge in [-0.1, -0.05) is 6.07 Å². The molecule has 0 atom stereocenters. The van der Waals surface area contributed by atoms with Crippen LogP contribution in [0.3, 0.4) is 0 Å².